The summed E-state index contributed by atoms with van der Waals surface area (Å²) in [6.45, 7) is 1.39. The zero-order valence-corrected chi connectivity index (χ0v) is 11.7. The topological polar surface area (TPSA) is 83.0 Å². The van der Waals surface area contributed by atoms with Crippen LogP contribution in [-0.2, 0) is 18.0 Å². The molecule has 0 radical (unpaired) electrons. The molecule has 0 unspecified atom stereocenters. The Kier molecular flexibility index (Phi) is 4.21. The van der Waals surface area contributed by atoms with Gasteiger partial charge in [0, 0.05) is 18.8 Å². The molecule has 2 aromatic rings. The van der Waals surface area contributed by atoms with E-state index in [1.165, 1.54) is 17.9 Å². The van der Waals surface area contributed by atoms with Crippen molar-refractivity contribution in [3.05, 3.63) is 17.8 Å². The molecule has 0 saturated heterocycles. The van der Waals surface area contributed by atoms with Crippen molar-refractivity contribution in [2.75, 3.05) is 6.61 Å². The highest BCUT2D eigenvalue weighted by Crippen LogP contribution is 2.35. The Hall–Kier alpha value is -2.04. The van der Waals surface area contributed by atoms with Gasteiger partial charge in [0.25, 0.3) is 5.22 Å². The lowest BCUT2D eigenvalue weighted by Gasteiger charge is -2.03. The Morgan fingerprint density at radius 3 is 2.76 bits per heavy atom. The van der Waals surface area contributed by atoms with Crippen molar-refractivity contribution in [1.82, 2.24) is 19.7 Å². The Morgan fingerprint density at radius 2 is 2.24 bits per heavy atom. The van der Waals surface area contributed by atoms with Crippen molar-refractivity contribution in [2.45, 2.75) is 23.5 Å². The molecule has 21 heavy (non-hydrogen) atoms. The number of carbonyl (C=O) groups is 1. The number of nitrogens with zero attached hydrogens (tertiary/aromatic N) is 4. The van der Waals surface area contributed by atoms with Gasteiger partial charge in [0.05, 0.1) is 6.61 Å². The van der Waals surface area contributed by atoms with Crippen LogP contribution in [0.25, 0.3) is 0 Å². The van der Waals surface area contributed by atoms with Crippen LogP contribution in [0.15, 0.2) is 21.1 Å². The third kappa shape index (κ3) is 3.35. The summed E-state index contributed by atoms with van der Waals surface area (Å²) in [5.41, 5.74) is -1.43. The van der Waals surface area contributed by atoms with E-state index in [1.807, 2.05) is 0 Å². The van der Waals surface area contributed by atoms with E-state index in [0.717, 1.165) is 0 Å². The predicted octanol–water partition coefficient (Wildman–Crippen LogP) is 2.15. The molecule has 0 aliphatic heterocycles. The second-order valence-electron chi connectivity index (χ2n) is 3.64. The highest BCUT2D eigenvalue weighted by molar-refractivity contribution is 7.98. The Balaban J connectivity index is 2.36. The molecular weight excluding hydrogens is 313 g/mol. The summed E-state index contributed by atoms with van der Waals surface area (Å²) in [4.78, 5) is 18.6. The fourth-order valence-electron chi connectivity index (χ4n) is 1.33. The summed E-state index contributed by atoms with van der Waals surface area (Å²) >= 11 is 0.711. The zero-order chi connectivity index (χ0) is 15.6. The van der Waals surface area contributed by atoms with E-state index in [2.05, 4.69) is 19.8 Å². The summed E-state index contributed by atoms with van der Waals surface area (Å²) in [7, 11) is 1.55. The number of hydrogen-bond acceptors (Lipinski definition) is 7. The number of alkyl halides is 3. The van der Waals surface area contributed by atoms with Gasteiger partial charge in [0.15, 0.2) is 10.9 Å². The van der Waals surface area contributed by atoms with Crippen LogP contribution < -0.4 is 0 Å². The Labute approximate surface area is 120 Å². The molecule has 0 N–H and O–H groups in total. The number of rotatable bonds is 4. The summed E-state index contributed by atoms with van der Waals surface area (Å²) < 4.78 is 49.2. The first kappa shape index (κ1) is 15.4. The normalized spacial score (nSPS) is 11.7. The van der Waals surface area contributed by atoms with E-state index in [0.29, 0.717) is 11.8 Å². The van der Waals surface area contributed by atoms with Crippen LogP contribution in [0.1, 0.15) is 23.2 Å². The third-order valence-electron chi connectivity index (χ3n) is 2.19. The first-order valence-corrected chi connectivity index (χ1v) is 6.41. The molecule has 11 heteroatoms. The molecule has 0 amide bonds. The molecule has 2 rings (SSSR count). The minimum absolute atomic E-state index is 0.0808. The molecule has 0 saturated carbocycles. The maximum Gasteiger partial charge on any atom is 0.437 e. The smallest absolute Gasteiger partial charge is 0.437 e. The van der Waals surface area contributed by atoms with E-state index in [-0.39, 0.29) is 17.0 Å². The Bertz CT molecular complexity index is 652. The van der Waals surface area contributed by atoms with Gasteiger partial charge in [-0.05, 0) is 6.92 Å². The lowest BCUT2D eigenvalue weighted by Crippen LogP contribution is -2.14. The number of halogens is 3. The van der Waals surface area contributed by atoms with Gasteiger partial charge >= 0.3 is 12.1 Å². The van der Waals surface area contributed by atoms with Crippen LogP contribution in [0.2, 0.25) is 0 Å². The number of hydrogen-bond donors (Lipinski definition) is 0. The number of esters is 1. The summed E-state index contributed by atoms with van der Waals surface area (Å²) in [6, 6.07) is 0. The van der Waals surface area contributed by atoms with Gasteiger partial charge in [-0.1, -0.05) is 0 Å². The molecule has 7 nitrogen and oxygen atoms in total. The lowest BCUT2D eigenvalue weighted by atomic mass is 10.3. The highest BCUT2D eigenvalue weighted by atomic mass is 32.2. The van der Waals surface area contributed by atoms with Gasteiger partial charge in [-0.2, -0.15) is 23.3 Å². The van der Waals surface area contributed by atoms with Gasteiger partial charge < -0.3 is 9.15 Å². The SMILES string of the molecule is CCOC(=O)c1oc(Sc2ncnn2C)nc1C(F)(F)F. The average Bonchev–Trinajstić information content (AvgIpc) is 2.97. The zero-order valence-electron chi connectivity index (χ0n) is 10.8. The standard InChI is InChI=1S/C10H9F3N4O3S/c1-3-19-7(18)5-6(10(11,12)13)16-9(20-5)21-8-14-4-15-17(8)2/h4H,3H2,1-2H3. The number of aromatic nitrogens is 4. The van der Waals surface area contributed by atoms with E-state index in [9.17, 15) is 18.0 Å². The molecule has 0 aromatic carbocycles. The van der Waals surface area contributed by atoms with Crippen LogP contribution >= 0.6 is 11.8 Å². The van der Waals surface area contributed by atoms with Gasteiger partial charge in [0.1, 0.15) is 6.33 Å². The van der Waals surface area contributed by atoms with Gasteiger partial charge in [-0.25, -0.2) is 14.5 Å². The van der Waals surface area contributed by atoms with Crippen LogP contribution in [0.5, 0.6) is 0 Å². The quantitative estimate of drug-likeness (QED) is 0.797. The van der Waals surface area contributed by atoms with Crippen LogP contribution in [0.4, 0.5) is 13.2 Å². The lowest BCUT2D eigenvalue weighted by molar-refractivity contribution is -0.141. The van der Waals surface area contributed by atoms with Crippen molar-refractivity contribution >= 4 is 17.7 Å². The van der Waals surface area contributed by atoms with Crippen molar-refractivity contribution < 1.29 is 27.1 Å². The second-order valence-corrected chi connectivity index (χ2v) is 4.56. The molecule has 0 spiro atoms. The summed E-state index contributed by atoms with van der Waals surface area (Å²) in [5.74, 6) is -2.20. The van der Waals surface area contributed by atoms with Crippen molar-refractivity contribution in [1.29, 1.82) is 0 Å². The molecule has 0 aliphatic carbocycles. The van der Waals surface area contributed by atoms with E-state index in [4.69, 9.17) is 4.42 Å². The molecule has 114 valence electrons. The van der Waals surface area contributed by atoms with Crippen LogP contribution in [0, 0.1) is 0 Å². The van der Waals surface area contributed by atoms with E-state index < -0.39 is 23.6 Å². The first-order valence-electron chi connectivity index (χ1n) is 5.60. The van der Waals surface area contributed by atoms with Gasteiger partial charge in [-0.3, -0.25) is 0 Å². The number of aryl methyl sites for hydroxylation is 1. The minimum atomic E-state index is -4.83. The third-order valence-corrected chi connectivity index (χ3v) is 3.09. The van der Waals surface area contributed by atoms with Crippen molar-refractivity contribution in [3.63, 3.8) is 0 Å². The van der Waals surface area contributed by atoms with Crippen LogP contribution in [-0.4, -0.2) is 32.3 Å². The molecular formula is C10H9F3N4O3S. The molecule has 0 bridgehead atoms. The average molecular weight is 322 g/mol. The molecule has 2 heterocycles. The number of carbonyl (C=O) groups excluding carboxylic acids is 1. The summed E-state index contributed by atoms with van der Waals surface area (Å²) in [5, 5.41) is 3.65. The molecule has 0 atom stereocenters. The van der Waals surface area contributed by atoms with E-state index >= 15 is 0 Å². The fourth-order valence-corrected chi connectivity index (χ4v) is 2.02. The van der Waals surface area contributed by atoms with Gasteiger partial charge in [-0.15, -0.1) is 0 Å². The number of oxazole rings is 1. The Morgan fingerprint density at radius 1 is 1.52 bits per heavy atom. The largest absolute Gasteiger partial charge is 0.460 e. The molecule has 2 aromatic heterocycles. The minimum Gasteiger partial charge on any atom is -0.460 e. The summed E-state index contributed by atoms with van der Waals surface area (Å²) in [6.07, 6.45) is -3.60. The molecule has 0 fully saturated rings. The van der Waals surface area contributed by atoms with Gasteiger partial charge in [0.2, 0.25) is 5.76 Å². The van der Waals surface area contributed by atoms with Crippen molar-refractivity contribution in [2.24, 2.45) is 7.05 Å². The molecule has 0 aliphatic rings. The maximum absolute atomic E-state index is 12.8. The number of ether oxygens (including phenoxy) is 1. The predicted molar refractivity (Wildman–Crippen MR) is 62.6 cm³/mol. The van der Waals surface area contributed by atoms with Crippen LogP contribution in [0.3, 0.4) is 0 Å². The van der Waals surface area contributed by atoms with E-state index in [1.54, 1.807) is 7.05 Å². The maximum atomic E-state index is 12.8. The monoisotopic (exact) mass is 322 g/mol. The fraction of sp³-hybridized carbons (Fsp3) is 0.400. The van der Waals surface area contributed by atoms with Crippen molar-refractivity contribution in [3.8, 4) is 0 Å². The highest BCUT2D eigenvalue weighted by Gasteiger charge is 2.42. The second kappa shape index (κ2) is 5.76. The first-order chi connectivity index (χ1) is 9.82.